The highest BCUT2D eigenvalue weighted by Gasteiger charge is 2.17. The van der Waals surface area contributed by atoms with Gasteiger partial charge in [0.1, 0.15) is 0 Å². The summed E-state index contributed by atoms with van der Waals surface area (Å²) in [5.74, 6) is 0. The molecule has 1 rings (SSSR count). The Morgan fingerprint density at radius 1 is 1.62 bits per heavy atom. The number of likely N-dealkylation sites (N-methyl/N-ethyl adjacent to an activating group) is 1. The average Bonchev–Trinajstić information content (AvgIpc) is 2.20. The van der Waals surface area contributed by atoms with Gasteiger partial charge in [-0.1, -0.05) is 6.07 Å². The standard InChI is InChI=1S/C9H15N3O/c1-11-9(7(10)6-13)8-4-2-3-5-12-8/h2-5,7,9,11,13H,6,10H2,1H3. The first kappa shape index (κ1) is 10.1. The molecule has 0 spiro atoms. The molecular weight excluding hydrogens is 166 g/mol. The van der Waals surface area contributed by atoms with Crippen LogP contribution in [0.15, 0.2) is 24.4 Å². The van der Waals surface area contributed by atoms with Gasteiger partial charge in [0.05, 0.1) is 18.3 Å². The minimum absolute atomic E-state index is 0.0535. The lowest BCUT2D eigenvalue weighted by atomic mass is 10.1. The predicted octanol–water partition coefficient (Wildman–Crippen LogP) is -0.338. The maximum absolute atomic E-state index is 8.90. The van der Waals surface area contributed by atoms with Crippen LogP contribution in [0.5, 0.6) is 0 Å². The van der Waals surface area contributed by atoms with E-state index in [1.165, 1.54) is 0 Å². The van der Waals surface area contributed by atoms with Crippen LogP contribution in [0.4, 0.5) is 0 Å². The van der Waals surface area contributed by atoms with Crippen molar-refractivity contribution in [2.24, 2.45) is 5.73 Å². The lowest BCUT2D eigenvalue weighted by Gasteiger charge is -2.20. The fraction of sp³-hybridized carbons (Fsp3) is 0.444. The molecule has 4 N–H and O–H groups in total. The molecule has 0 aliphatic carbocycles. The van der Waals surface area contributed by atoms with E-state index in [9.17, 15) is 0 Å². The van der Waals surface area contributed by atoms with E-state index in [-0.39, 0.29) is 18.7 Å². The molecule has 1 aromatic heterocycles. The number of aromatic nitrogens is 1. The number of nitrogens with two attached hydrogens (primary N) is 1. The maximum Gasteiger partial charge on any atom is 0.0668 e. The Morgan fingerprint density at radius 3 is 2.85 bits per heavy atom. The molecule has 0 aromatic carbocycles. The van der Waals surface area contributed by atoms with Gasteiger partial charge in [-0.25, -0.2) is 0 Å². The summed E-state index contributed by atoms with van der Waals surface area (Å²) >= 11 is 0. The van der Waals surface area contributed by atoms with Crippen LogP contribution in [0.1, 0.15) is 11.7 Å². The average molecular weight is 181 g/mol. The molecule has 4 heteroatoms. The number of hydrogen-bond donors (Lipinski definition) is 3. The van der Waals surface area contributed by atoms with Crippen LogP contribution in [0.2, 0.25) is 0 Å². The van der Waals surface area contributed by atoms with Crippen LogP contribution in [-0.2, 0) is 0 Å². The molecule has 0 aliphatic heterocycles. The van der Waals surface area contributed by atoms with E-state index in [1.807, 2.05) is 18.2 Å². The summed E-state index contributed by atoms with van der Waals surface area (Å²) in [4.78, 5) is 4.17. The maximum atomic E-state index is 8.90. The van der Waals surface area contributed by atoms with Crippen molar-refractivity contribution in [1.82, 2.24) is 10.3 Å². The highest BCUT2D eigenvalue weighted by atomic mass is 16.3. The van der Waals surface area contributed by atoms with Gasteiger partial charge in [-0.15, -0.1) is 0 Å². The van der Waals surface area contributed by atoms with E-state index < -0.39 is 0 Å². The molecule has 0 saturated heterocycles. The first-order valence-corrected chi connectivity index (χ1v) is 4.24. The number of nitrogens with one attached hydrogen (secondary N) is 1. The van der Waals surface area contributed by atoms with Crippen molar-refractivity contribution >= 4 is 0 Å². The molecule has 2 atom stereocenters. The van der Waals surface area contributed by atoms with Gasteiger partial charge in [0.15, 0.2) is 0 Å². The number of hydrogen-bond acceptors (Lipinski definition) is 4. The zero-order chi connectivity index (χ0) is 9.68. The van der Waals surface area contributed by atoms with Crippen molar-refractivity contribution in [3.8, 4) is 0 Å². The Labute approximate surface area is 77.8 Å². The SMILES string of the molecule is CNC(c1ccccn1)C(N)CO. The number of nitrogens with zero attached hydrogens (tertiary/aromatic N) is 1. The largest absolute Gasteiger partial charge is 0.395 e. The fourth-order valence-corrected chi connectivity index (χ4v) is 1.25. The fourth-order valence-electron chi connectivity index (χ4n) is 1.25. The first-order valence-electron chi connectivity index (χ1n) is 4.24. The predicted molar refractivity (Wildman–Crippen MR) is 51.1 cm³/mol. The number of rotatable bonds is 4. The monoisotopic (exact) mass is 181 g/mol. The van der Waals surface area contributed by atoms with Gasteiger partial charge in [0, 0.05) is 12.2 Å². The van der Waals surface area contributed by atoms with Gasteiger partial charge in [-0.2, -0.15) is 0 Å². The highest BCUT2D eigenvalue weighted by molar-refractivity contribution is 5.10. The molecule has 72 valence electrons. The smallest absolute Gasteiger partial charge is 0.0668 e. The van der Waals surface area contributed by atoms with Crippen molar-refractivity contribution < 1.29 is 5.11 Å². The van der Waals surface area contributed by atoms with E-state index in [0.29, 0.717) is 0 Å². The Morgan fingerprint density at radius 2 is 2.38 bits per heavy atom. The Kier molecular flexibility index (Phi) is 3.82. The van der Waals surface area contributed by atoms with E-state index >= 15 is 0 Å². The van der Waals surface area contributed by atoms with Crippen molar-refractivity contribution in [2.45, 2.75) is 12.1 Å². The summed E-state index contributed by atoms with van der Waals surface area (Å²) in [6.07, 6.45) is 1.71. The second-order valence-electron chi connectivity index (χ2n) is 2.87. The normalized spacial score (nSPS) is 15.3. The third kappa shape index (κ3) is 2.48. The van der Waals surface area contributed by atoms with Crippen molar-refractivity contribution in [2.75, 3.05) is 13.7 Å². The number of aliphatic hydroxyl groups is 1. The minimum atomic E-state index is -0.320. The zero-order valence-electron chi connectivity index (χ0n) is 7.64. The summed E-state index contributed by atoms with van der Waals surface area (Å²) in [5, 5.41) is 11.9. The van der Waals surface area contributed by atoms with Crippen LogP contribution in [0.25, 0.3) is 0 Å². The van der Waals surface area contributed by atoms with E-state index in [0.717, 1.165) is 5.69 Å². The Bertz CT molecular complexity index is 240. The topological polar surface area (TPSA) is 71.2 Å². The molecule has 0 saturated carbocycles. The summed E-state index contributed by atoms with van der Waals surface area (Å²) in [5.41, 5.74) is 6.56. The quantitative estimate of drug-likeness (QED) is 0.594. The van der Waals surface area contributed by atoms with Gasteiger partial charge in [0.2, 0.25) is 0 Å². The first-order chi connectivity index (χ1) is 6.29. The van der Waals surface area contributed by atoms with Gasteiger partial charge >= 0.3 is 0 Å². The molecule has 1 heterocycles. The summed E-state index contributed by atoms with van der Waals surface area (Å²) < 4.78 is 0. The lowest BCUT2D eigenvalue weighted by Crippen LogP contribution is -2.39. The van der Waals surface area contributed by atoms with E-state index in [2.05, 4.69) is 10.3 Å². The molecule has 1 aromatic rings. The minimum Gasteiger partial charge on any atom is -0.395 e. The van der Waals surface area contributed by atoms with Crippen molar-refractivity contribution in [1.29, 1.82) is 0 Å². The van der Waals surface area contributed by atoms with Crippen LogP contribution < -0.4 is 11.1 Å². The van der Waals surface area contributed by atoms with Gasteiger partial charge in [-0.05, 0) is 19.2 Å². The van der Waals surface area contributed by atoms with Crippen LogP contribution >= 0.6 is 0 Å². The second kappa shape index (κ2) is 4.91. The molecular formula is C9H15N3O. The third-order valence-electron chi connectivity index (χ3n) is 1.96. The highest BCUT2D eigenvalue weighted by Crippen LogP contribution is 2.11. The zero-order valence-corrected chi connectivity index (χ0v) is 7.64. The Balaban J connectivity index is 2.78. The molecule has 0 aliphatic rings. The van der Waals surface area contributed by atoms with Gasteiger partial charge in [-0.3, -0.25) is 4.98 Å². The van der Waals surface area contributed by atoms with Gasteiger partial charge in [0.25, 0.3) is 0 Å². The van der Waals surface area contributed by atoms with Crippen LogP contribution in [-0.4, -0.2) is 29.8 Å². The molecule has 0 amide bonds. The van der Waals surface area contributed by atoms with Crippen LogP contribution in [0, 0.1) is 0 Å². The second-order valence-corrected chi connectivity index (χ2v) is 2.87. The van der Waals surface area contributed by atoms with E-state index in [4.69, 9.17) is 10.8 Å². The van der Waals surface area contributed by atoms with Crippen molar-refractivity contribution in [3.63, 3.8) is 0 Å². The summed E-state index contributed by atoms with van der Waals surface area (Å²) in [7, 11) is 1.80. The molecule has 2 unspecified atom stereocenters. The molecule has 0 fully saturated rings. The third-order valence-corrected chi connectivity index (χ3v) is 1.96. The molecule has 4 nitrogen and oxygen atoms in total. The molecule has 0 radical (unpaired) electrons. The Hall–Kier alpha value is -0.970. The van der Waals surface area contributed by atoms with E-state index in [1.54, 1.807) is 13.2 Å². The lowest BCUT2D eigenvalue weighted by molar-refractivity contribution is 0.239. The molecule has 0 bridgehead atoms. The summed E-state index contributed by atoms with van der Waals surface area (Å²) in [6.45, 7) is -0.0535. The van der Waals surface area contributed by atoms with Gasteiger partial charge < -0.3 is 16.2 Å². The molecule has 13 heavy (non-hydrogen) atoms. The van der Waals surface area contributed by atoms with Crippen LogP contribution in [0.3, 0.4) is 0 Å². The number of pyridine rings is 1. The summed E-state index contributed by atoms with van der Waals surface area (Å²) in [6, 6.07) is 5.22. The van der Waals surface area contributed by atoms with Crippen molar-refractivity contribution in [3.05, 3.63) is 30.1 Å². The number of aliphatic hydroxyl groups excluding tert-OH is 1.